The third kappa shape index (κ3) is 3.41. The first-order valence-corrected chi connectivity index (χ1v) is 10.1. The van der Waals surface area contributed by atoms with Crippen molar-refractivity contribution in [2.45, 2.75) is 56.2 Å². The third-order valence-corrected chi connectivity index (χ3v) is 6.68. The highest BCUT2D eigenvalue weighted by molar-refractivity contribution is 7.89. The second-order valence-electron chi connectivity index (χ2n) is 7.70. The number of piperidine rings is 2. The molecular weight excluding hydrogens is 354 g/mol. The maximum atomic E-state index is 13.1. The number of amides is 1. The molecule has 2 atom stereocenters. The second-order valence-corrected chi connectivity index (χ2v) is 9.56. The lowest BCUT2D eigenvalue weighted by atomic mass is 9.93. The lowest BCUT2D eigenvalue weighted by Crippen LogP contribution is -2.65. The number of hydrogen-bond donors (Lipinski definition) is 0. The van der Waals surface area contributed by atoms with Gasteiger partial charge >= 0.3 is 6.09 Å². The highest BCUT2D eigenvalue weighted by atomic mass is 32.2. The Balaban J connectivity index is 1.84. The number of carbonyl (C=O) groups is 1. The molecule has 1 aromatic carbocycles. The first kappa shape index (κ1) is 18.7. The summed E-state index contributed by atoms with van der Waals surface area (Å²) in [6, 6.07) is 7.66. The smallest absolute Gasteiger partial charge is 0.410 e. The molecule has 7 nitrogen and oxygen atoms in total. The summed E-state index contributed by atoms with van der Waals surface area (Å²) in [7, 11) is -3.79. The van der Waals surface area contributed by atoms with E-state index in [2.05, 4.69) is 0 Å². The lowest BCUT2D eigenvalue weighted by Gasteiger charge is -2.50. The minimum Gasteiger partial charge on any atom is -0.444 e. The van der Waals surface area contributed by atoms with E-state index in [1.54, 1.807) is 17.0 Å². The zero-order valence-electron chi connectivity index (χ0n) is 15.2. The predicted molar refractivity (Wildman–Crippen MR) is 94.8 cm³/mol. The Hall–Kier alpha value is -2.11. The average Bonchev–Trinajstić information content (AvgIpc) is 2.60. The first-order valence-electron chi connectivity index (χ1n) is 8.64. The molecule has 2 unspecified atom stereocenters. The number of benzene rings is 1. The predicted octanol–water partition coefficient (Wildman–Crippen LogP) is 2.33. The van der Waals surface area contributed by atoms with Gasteiger partial charge in [-0.15, -0.1) is 0 Å². The molecule has 3 heterocycles. The number of piperazine rings is 1. The molecule has 0 aromatic heterocycles. The van der Waals surface area contributed by atoms with Crippen LogP contribution in [0.15, 0.2) is 29.2 Å². The summed E-state index contributed by atoms with van der Waals surface area (Å²) >= 11 is 0. The number of nitriles is 1. The van der Waals surface area contributed by atoms with Crippen LogP contribution < -0.4 is 0 Å². The van der Waals surface area contributed by atoms with E-state index in [0.717, 1.165) is 6.42 Å². The molecule has 0 spiro atoms. The van der Waals surface area contributed by atoms with Crippen molar-refractivity contribution in [3.8, 4) is 6.07 Å². The van der Waals surface area contributed by atoms with Crippen molar-refractivity contribution >= 4 is 16.1 Å². The van der Waals surface area contributed by atoms with E-state index in [-0.39, 0.29) is 29.1 Å². The SMILES string of the molecule is CC(C)(C)OC(=O)N1CC2CCC1CN2S(=O)(=O)c1ccccc1C#N. The zero-order chi connectivity index (χ0) is 19.1. The van der Waals surface area contributed by atoms with Crippen LogP contribution in [0.2, 0.25) is 0 Å². The summed E-state index contributed by atoms with van der Waals surface area (Å²) in [6.07, 6.45) is 1.04. The summed E-state index contributed by atoms with van der Waals surface area (Å²) in [4.78, 5) is 14.1. The highest BCUT2D eigenvalue weighted by Gasteiger charge is 2.47. The molecule has 3 aliphatic rings. The van der Waals surface area contributed by atoms with Crippen LogP contribution in [0.3, 0.4) is 0 Å². The molecule has 0 N–H and O–H groups in total. The number of nitrogens with zero attached hydrogens (tertiary/aromatic N) is 3. The minimum absolute atomic E-state index is 0.0267. The molecule has 3 saturated heterocycles. The van der Waals surface area contributed by atoms with Gasteiger partial charge in [0.1, 0.15) is 11.7 Å². The Bertz CT molecular complexity index is 854. The maximum absolute atomic E-state index is 13.1. The topological polar surface area (TPSA) is 90.7 Å². The zero-order valence-corrected chi connectivity index (χ0v) is 16.0. The summed E-state index contributed by atoms with van der Waals surface area (Å²) < 4.78 is 33.1. The lowest BCUT2D eigenvalue weighted by molar-refractivity contribution is -0.0203. The molecule has 8 heteroatoms. The maximum Gasteiger partial charge on any atom is 0.410 e. The monoisotopic (exact) mass is 377 g/mol. The van der Waals surface area contributed by atoms with E-state index in [1.165, 1.54) is 16.4 Å². The van der Waals surface area contributed by atoms with Gasteiger partial charge in [-0.25, -0.2) is 13.2 Å². The van der Waals surface area contributed by atoms with Crippen LogP contribution in [-0.2, 0) is 14.8 Å². The van der Waals surface area contributed by atoms with Crippen molar-refractivity contribution in [1.82, 2.24) is 9.21 Å². The third-order valence-electron chi connectivity index (χ3n) is 4.70. The van der Waals surface area contributed by atoms with Gasteiger partial charge in [0.05, 0.1) is 10.5 Å². The van der Waals surface area contributed by atoms with E-state index in [9.17, 15) is 18.5 Å². The van der Waals surface area contributed by atoms with Crippen molar-refractivity contribution in [2.24, 2.45) is 0 Å². The molecule has 3 fully saturated rings. The molecule has 0 aliphatic carbocycles. The summed E-state index contributed by atoms with van der Waals surface area (Å²) in [5.74, 6) is 0. The van der Waals surface area contributed by atoms with Gasteiger partial charge in [0, 0.05) is 25.2 Å². The van der Waals surface area contributed by atoms with E-state index in [4.69, 9.17) is 4.74 Å². The van der Waals surface area contributed by atoms with Gasteiger partial charge in [-0.3, -0.25) is 0 Å². The summed E-state index contributed by atoms with van der Waals surface area (Å²) in [5, 5.41) is 9.23. The van der Waals surface area contributed by atoms with Gasteiger partial charge in [0.2, 0.25) is 10.0 Å². The number of sulfonamides is 1. The van der Waals surface area contributed by atoms with E-state index >= 15 is 0 Å². The van der Waals surface area contributed by atoms with Crippen LogP contribution in [0.5, 0.6) is 0 Å². The number of rotatable bonds is 2. The van der Waals surface area contributed by atoms with Gasteiger partial charge in [-0.1, -0.05) is 12.1 Å². The molecule has 3 aliphatic heterocycles. The summed E-state index contributed by atoms with van der Waals surface area (Å²) in [5.41, 5.74) is -0.455. The van der Waals surface area contributed by atoms with Crippen molar-refractivity contribution in [1.29, 1.82) is 5.26 Å². The van der Waals surface area contributed by atoms with Crippen molar-refractivity contribution in [3.63, 3.8) is 0 Å². The first-order chi connectivity index (χ1) is 12.1. The Morgan fingerprint density at radius 3 is 2.42 bits per heavy atom. The average molecular weight is 377 g/mol. The molecule has 2 bridgehead atoms. The fraction of sp³-hybridized carbons (Fsp3) is 0.556. The second kappa shape index (κ2) is 6.56. The van der Waals surface area contributed by atoms with Crippen LogP contribution >= 0.6 is 0 Å². The molecule has 4 rings (SSSR count). The van der Waals surface area contributed by atoms with Crippen molar-refractivity contribution in [2.75, 3.05) is 13.1 Å². The van der Waals surface area contributed by atoms with Gasteiger partial charge in [-0.2, -0.15) is 9.57 Å². The van der Waals surface area contributed by atoms with Crippen LogP contribution in [-0.4, -0.2) is 54.5 Å². The van der Waals surface area contributed by atoms with E-state index in [0.29, 0.717) is 13.0 Å². The van der Waals surface area contributed by atoms with Crippen LogP contribution in [0.1, 0.15) is 39.2 Å². The minimum atomic E-state index is -3.79. The number of carbonyl (C=O) groups excluding carboxylic acids is 1. The molecule has 0 saturated carbocycles. The number of fused-ring (bicyclic) bond motifs is 3. The number of ether oxygens (including phenoxy) is 1. The Labute approximate surface area is 154 Å². The summed E-state index contributed by atoms with van der Waals surface area (Å²) in [6.45, 7) is 5.97. The fourth-order valence-corrected chi connectivity index (χ4v) is 5.37. The molecule has 1 amide bonds. The van der Waals surface area contributed by atoms with Crippen LogP contribution in [0.4, 0.5) is 4.79 Å². The number of hydrogen-bond acceptors (Lipinski definition) is 5. The van der Waals surface area contributed by atoms with Crippen molar-refractivity contribution < 1.29 is 17.9 Å². The van der Waals surface area contributed by atoms with Gasteiger partial charge in [-0.05, 0) is 45.7 Å². The van der Waals surface area contributed by atoms with Crippen LogP contribution in [0, 0.1) is 11.3 Å². The highest BCUT2D eigenvalue weighted by Crippen LogP contribution is 2.34. The van der Waals surface area contributed by atoms with Crippen molar-refractivity contribution in [3.05, 3.63) is 29.8 Å². The molecule has 26 heavy (non-hydrogen) atoms. The van der Waals surface area contributed by atoms with E-state index in [1.807, 2.05) is 26.8 Å². The Kier molecular flexibility index (Phi) is 4.71. The fourth-order valence-electron chi connectivity index (χ4n) is 3.54. The quantitative estimate of drug-likeness (QED) is 0.789. The Morgan fingerprint density at radius 2 is 1.85 bits per heavy atom. The van der Waals surface area contributed by atoms with E-state index < -0.39 is 21.7 Å². The normalized spacial score (nSPS) is 23.5. The van der Waals surface area contributed by atoms with Gasteiger partial charge < -0.3 is 9.64 Å². The van der Waals surface area contributed by atoms with Crippen LogP contribution in [0.25, 0.3) is 0 Å². The Morgan fingerprint density at radius 1 is 1.19 bits per heavy atom. The molecule has 0 radical (unpaired) electrons. The van der Waals surface area contributed by atoms with Gasteiger partial charge in [0.15, 0.2) is 0 Å². The molecular formula is C18H23N3O4S. The standard InChI is InChI=1S/C18H23N3O4S/c1-18(2,3)25-17(22)20-11-15-9-8-14(20)12-21(15)26(23,24)16-7-5-4-6-13(16)10-19/h4-7,14-15H,8-9,11-12H2,1-3H3. The molecule has 140 valence electrons. The largest absolute Gasteiger partial charge is 0.444 e. The molecule has 1 aromatic rings. The van der Waals surface area contributed by atoms with Gasteiger partial charge in [0.25, 0.3) is 0 Å².